The van der Waals surface area contributed by atoms with E-state index in [1.54, 1.807) is 42.0 Å². The number of rotatable bonds is 7. The van der Waals surface area contributed by atoms with Crippen molar-refractivity contribution in [3.05, 3.63) is 63.7 Å². The molecule has 7 heteroatoms. The zero-order valence-corrected chi connectivity index (χ0v) is 21.8. The highest BCUT2D eigenvalue weighted by Crippen LogP contribution is 2.28. The van der Waals surface area contributed by atoms with Gasteiger partial charge in [0.25, 0.3) is 5.56 Å². The van der Waals surface area contributed by atoms with Crippen LogP contribution in [-0.2, 0) is 4.79 Å². The highest BCUT2D eigenvalue weighted by Gasteiger charge is 2.29. The molecule has 0 radical (unpaired) electrons. The molecule has 3 rings (SSSR count). The van der Waals surface area contributed by atoms with Crippen LogP contribution in [0, 0.1) is 11.3 Å². The van der Waals surface area contributed by atoms with E-state index in [1.165, 1.54) is 0 Å². The average Bonchev–Trinajstić information content (AvgIpc) is 2.75. The molecule has 1 amide bonds. The van der Waals surface area contributed by atoms with E-state index in [0.717, 1.165) is 0 Å². The summed E-state index contributed by atoms with van der Waals surface area (Å²) in [7, 11) is 1.60. The SMILES string of the molecule is COc1ccc(-n2c(C(C)N(CC(C)C)C(=O)CC(C)(C)C)nc3cc(Cl)ccc3c2=O)cc1. The van der Waals surface area contributed by atoms with E-state index >= 15 is 0 Å². The molecule has 6 nitrogen and oxygen atoms in total. The van der Waals surface area contributed by atoms with Gasteiger partial charge >= 0.3 is 0 Å². The minimum Gasteiger partial charge on any atom is -0.497 e. The maximum Gasteiger partial charge on any atom is 0.266 e. The number of carbonyl (C=O) groups excluding carboxylic acids is 1. The summed E-state index contributed by atoms with van der Waals surface area (Å²) in [4.78, 5) is 33.8. The number of hydrogen-bond donors (Lipinski definition) is 0. The molecule has 0 spiro atoms. The first-order chi connectivity index (χ1) is 15.9. The van der Waals surface area contributed by atoms with Crippen molar-refractivity contribution in [1.29, 1.82) is 0 Å². The molecule has 2 aromatic carbocycles. The lowest BCUT2D eigenvalue weighted by molar-refractivity contribution is -0.136. The lowest BCUT2D eigenvalue weighted by atomic mass is 9.91. The number of benzene rings is 2. The summed E-state index contributed by atoms with van der Waals surface area (Å²) >= 11 is 6.22. The first-order valence-corrected chi connectivity index (χ1v) is 11.9. The molecule has 0 aliphatic heterocycles. The van der Waals surface area contributed by atoms with Crippen molar-refractivity contribution >= 4 is 28.4 Å². The third-order valence-corrected chi connectivity index (χ3v) is 5.83. The number of nitrogens with zero attached hydrogens (tertiary/aromatic N) is 3. The van der Waals surface area contributed by atoms with E-state index in [9.17, 15) is 9.59 Å². The van der Waals surface area contributed by atoms with Gasteiger partial charge in [0.15, 0.2) is 0 Å². The van der Waals surface area contributed by atoms with Crippen molar-refractivity contribution in [2.75, 3.05) is 13.7 Å². The molecule has 0 fully saturated rings. The molecule has 1 unspecified atom stereocenters. The maximum atomic E-state index is 13.7. The zero-order chi connectivity index (χ0) is 25.2. The first-order valence-electron chi connectivity index (χ1n) is 11.6. The molecule has 34 heavy (non-hydrogen) atoms. The minimum atomic E-state index is -0.435. The number of ether oxygens (including phenoxy) is 1. The van der Waals surface area contributed by atoms with Crippen LogP contribution in [0.3, 0.4) is 0 Å². The number of fused-ring (bicyclic) bond motifs is 1. The standard InChI is InChI=1S/C27H34ClN3O3/c1-17(2)16-30(24(32)15-27(4,5)6)18(3)25-29-23-14-19(28)8-13-22(23)26(33)31(25)20-9-11-21(34-7)12-10-20/h8-14,17-18H,15-16H2,1-7H3. The van der Waals surface area contributed by atoms with E-state index in [2.05, 4.69) is 13.8 Å². The van der Waals surface area contributed by atoms with Crippen molar-refractivity contribution in [3.8, 4) is 11.4 Å². The van der Waals surface area contributed by atoms with Gasteiger partial charge in [0.05, 0.1) is 29.7 Å². The van der Waals surface area contributed by atoms with Crippen molar-refractivity contribution < 1.29 is 9.53 Å². The normalized spacial score (nSPS) is 12.7. The Kier molecular flexibility index (Phi) is 7.71. The fourth-order valence-corrected chi connectivity index (χ4v) is 4.17. The van der Waals surface area contributed by atoms with Gasteiger partial charge in [0, 0.05) is 18.0 Å². The third kappa shape index (κ3) is 5.79. The Hall–Kier alpha value is -2.86. The van der Waals surface area contributed by atoms with Crippen LogP contribution in [-0.4, -0.2) is 34.0 Å². The van der Waals surface area contributed by atoms with Crippen LogP contribution < -0.4 is 10.3 Å². The maximum absolute atomic E-state index is 13.7. The first kappa shape index (κ1) is 25.8. The number of aromatic nitrogens is 2. The molecule has 0 aliphatic carbocycles. The van der Waals surface area contributed by atoms with E-state index in [-0.39, 0.29) is 22.8 Å². The van der Waals surface area contributed by atoms with Crippen LogP contribution in [0.25, 0.3) is 16.6 Å². The Balaban J connectivity index is 2.24. The van der Waals surface area contributed by atoms with Crippen molar-refractivity contribution in [2.45, 2.75) is 54.0 Å². The summed E-state index contributed by atoms with van der Waals surface area (Å²) in [5.41, 5.74) is 0.801. The number of carbonyl (C=O) groups is 1. The molecule has 0 N–H and O–H groups in total. The Morgan fingerprint density at radius 3 is 2.32 bits per heavy atom. The average molecular weight is 484 g/mol. The number of amides is 1. The highest BCUT2D eigenvalue weighted by atomic mass is 35.5. The van der Waals surface area contributed by atoms with Gasteiger partial charge in [-0.3, -0.25) is 14.2 Å². The van der Waals surface area contributed by atoms with Crippen LogP contribution in [0.1, 0.15) is 59.8 Å². The second kappa shape index (κ2) is 10.2. The van der Waals surface area contributed by atoms with Gasteiger partial charge in [-0.2, -0.15) is 0 Å². The van der Waals surface area contributed by atoms with Gasteiger partial charge in [0.2, 0.25) is 5.91 Å². The lowest BCUT2D eigenvalue weighted by Gasteiger charge is -2.34. The van der Waals surface area contributed by atoms with Crippen LogP contribution in [0.5, 0.6) is 5.75 Å². The molecule has 1 atom stereocenters. The molecule has 182 valence electrons. The smallest absolute Gasteiger partial charge is 0.266 e. The largest absolute Gasteiger partial charge is 0.497 e. The van der Waals surface area contributed by atoms with Gasteiger partial charge in [-0.15, -0.1) is 0 Å². The molecule has 0 saturated heterocycles. The van der Waals surface area contributed by atoms with Crippen LogP contribution in [0.2, 0.25) is 5.02 Å². The van der Waals surface area contributed by atoms with E-state index in [0.29, 0.717) is 46.2 Å². The van der Waals surface area contributed by atoms with E-state index < -0.39 is 6.04 Å². The Labute approximate surface area is 206 Å². The predicted molar refractivity (Wildman–Crippen MR) is 138 cm³/mol. The Morgan fingerprint density at radius 1 is 1.12 bits per heavy atom. The van der Waals surface area contributed by atoms with Gasteiger partial charge in [-0.1, -0.05) is 46.2 Å². The van der Waals surface area contributed by atoms with Gasteiger partial charge < -0.3 is 9.64 Å². The van der Waals surface area contributed by atoms with Crippen LogP contribution in [0.15, 0.2) is 47.3 Å². The summed E-state index contributed by atoms with van der Waals surface area (Å²) < 4.78 is 6.88. The second-order valence-corrected chi connectivity index (χ2v) is 10.8. The Morgan fingerprint density at radius 2 is 1.76 bits per heavy atom. The van der Waals surface area contributed by atoms with Gasteiger partial charge in [0.1, 0.15) is 11.6 Å². The second-order valence-electron chi connectivity index (χ2n) is 10.3. The quantitative estimate of drug-likeness (QED) is 0.411. The predicted octanol–water partition coefficient (Wildman–Crippen LogP) is 6.03. The number of hydrogen-bond acceptors (Lipinski definition) is 4. The zero-order valence-electron chi connectivity index (χ0n) is 21.1. The molecular formula is C27H34ClN3O3. The van der Waals surface area contributed by atoms with Crippen molar-refractivity contribution in [2.24, 2.45) is 11.3 Å². The fraction of sp³-hybridized carbons (Fsp3) is 0.444. The Bertz CT molecular complexity index is 1230. The van der Waals surface area contributed by atoms with Crippen LogP contribution >= 0.6 is 11.6 Å². The highest BCUT2D eigenvalue weighted by molar-refractivity contribution is 6.31. The third-order valence-electron chi connectivity index (χ3n) is 5.59. The number of halogens is 1. The molecule has 1 heterocycles. The molecule has 0 saturated carbocycles. The summed E-state index contributed by atoms with van der Waals surface area (Å²) in [5, 5.41) is 0.968. The minimum absolute atomic E-state index is 0.0374. The summed E-state index contributed by atoms with van der Waals surface area (Å²) in [5.74, 6) is 1.47. The molecular weight excluding hydrogens is 450 g/mol. The van der Waals surface area contributed by atoms with Gasteiger partial charge in [-0.25, -0.2) is 4.98 Å². The van der Waals surface area contributed by atoms with Crippen molar-refractivity contribution in [3.63, 3.8) is 0 Å². The summed E-state index contributed by atoms with van der Waals surface area (Å²) in [6.45, 7) is 12.8. The van der Waals surface area contributed by atoms with Gasteiger partial charge in [-0.05, 0) is 60.7 Å². The van der Waals surface area contributed by atoms with Crippen molar-refractivity contribution in [1.82, 2.24) is 14.5 Å². The fourth-order valence-electron chi connectivity index (χ4n) is 4.00. The topological polar surface area (TPSA) is 64.4 Å². The van der Waals surface area contributed by atoms with E-state index in [1.807, 2.05) is 44.7 Å². The molecule has 1 aromatic heterocycles. The summed E-state index contributed by atoms with van der Waals surface area (Å²) in [6, 6.07) is 11.9. The molecule has 0 bridgehead atoms. The monoisotopic (exact) mass is 483 g/mol. The summed E-state index contributed by atoms with van der Waals surface area (Å²) in [6.07, 6.45) is 0.399. The lowest BCUT2D eigenvalue weighted by Crippen LogP contribution is -2.40. The van der Waals surface area contributed by atoms with E-state index in [4.69, 9.17) is 21.3 Å². The molecule has 3 aromatic rings. The van der Waals surface area contributed by atoms with Crippen LogP contribution in [0.4, 0.5) is 0 Å². The molecule has 0 aliphatic rings. The number of methoxy groups -OCH3 is 1.